The third-order valence-corrected chi connectivity index (χ3v) is 3.59. The molecule has 0 unspecified atom stereocenters. The van der Waals surface area contributed by atoms with E-state index in [1.165, 1.54) is 0 Å². The average Bonchev–Trinajstić information content (AvgIpc) is 2.38. The number of nitrogens with two attached hydrogens (primary N) is 1. The maximum atomic E-state index is 5.93. The molecule has 0 heterocycles. The fourth-order valence-corrected chi connectivity index (χ4v) is 2.24. The Bertz CT molecular complexity index is 356. The highest BCUT2D eigenvalue weighted by Crippen LogP contribution is 2.28. The second-order valence-electron chi connectivity index (χ2n) is 4.09. The summed E-state index contributed by atoms with van der Waals surface area (Å²) in [4.78, 5) is 0. The van der Waals surface area contributed by atoms with Gasteiger partial charge in [-0.2, -0.15) is 11.8 Å². The van der Waals surface area contributed by atoms with Crippen molar-refractivity contribution in [1.29, 1.82) is 0 Å². The van der Waals surface area contributed by atoms with Crippen molar-refractivity contribution in [1.82, 2.24) is 0 Å². The molecule has 1 aromatic carbocycles. The summed E-state index contributed by atoms with van der Waals surface area (Å²) in [5.41, 5.74) is 6.96. The lowest BCUT2D eigenvalue weighted by atomic mass is 10.1. The van der Waals surface area contributed by atoms with Gasteiger partial charge >= 0.3 is 0 Å². The standard InChI is InChI=1S/C14H23NO2S/c1-4-18-9-5-8-17-14-10-12(16-3)6-7-13(14)11(2)15/h6-7,10-11H,4-5,8-9,15H2,1-3H3/t11-/m0/s1. The van der Waals surface area contributed by atoms with E-state index in [2.05, 4.69) is 6.92 Å². The molecule has 0 saturated heterocycles. The topological polar surface area (TPSA) is 44.5 Å². The maximum Gasteiger partial charge on any atom is 0.127 e. The Morgan fingerprint density at radius 1 is 1.39 bits per heavy atom. The van der Waals surface area contributed by atoms with Crippen LogP contribution in [0.3, 0.4) is 0 Å². The number of hydrogen-bond donors (Lipinski definition) is 1. The molecule has 0 spiro atoms. The molecule has 1 aromatic rings. The molecule has 0 bridgehead atoms. The van der Waals surface area contributed by atoms with Gasteiger partial charge in [-0.3, -0.25) is 0 Å². The monoisotopic (exact) mass is 269 g/mol. The smallest absolute Gasteiger partial charge is 0.127 e. The molecule has 0 radical (unpaired) electrons. The number of ether oxygens (including phenoxy) is 2. The van der Waals surface area contributed by atoms with Crippen LogP contribution in [0.1, 0.15) is 31.9 Å². The molecule has 0 saturated carbocycles. The van der Waals surface area contributed by atoms with Gasteiger partial charge in [-0.1, -0.05) is 13.0 Å². The van der Waals surface area contributed by atoms with Gasteiger partial charge in [-0.25, -0.2) is 0 Å². The van der Waals surface area contributed by atoms with E-state index in [0.29, 0.717) is 0 Å². The third-order valence-electron chi connectivity index (χ3n) is 2.61. The van der Waals surface area contributed by atoms with Crippen LogP contribution in [0.15, 0.2) is 18.2 Å². The van der Waals surface area contributed by atoms with Crippen molar-refractivity contribution in [3.63, 3.8) is 0 Å². The lowest BCUT2D eigenvalue weighted by Crippen LogP contribution is -2.09. The number of benzene rings is 1. The summed E-state index contributed by atoms with van der Waals surface area (Å²) in [6.45, 7) is 4.85. The van der Waals surface area contributed by atoms with Crippen LogP contribution in [0.2, 0.25) is 0 Å². The Morgan fingerprint density at radius 2 is 2.17 bits per heavy atom. The van der Waals surface area contributed by atoms with Gasteiger partial charge in [-0.15, -0.1) is 0 Å². The molecule has 2 N–H and O–H groups in total. The van der Waals surface area contributed by atoms with Crippen LogP contribution in [0.25, 0.3) is 0 Å². The van der Waals surface area contributed by atoms with Crippen molar-refractivity contribution in [2.45, 2.75) is 26.3 Å². The van der Waals surface area contributed by atoms with Crippen molar-refractivity contribution in [3.05, 3.63) is 23.8 Å². The van der Waals surface area contributed by atoms with Gasteiger partial charge in [-0.05, 0) is 30.9 Å². The van der Waals surface area contributed by atoms with Crippen LogP contribution in [0.5, 0.6) is 11.5 Å². The van der Waals surface area contributed by atoms with Crippen LogP contribution >= 0.6 is 11.8 Å². The van der Waals surface area contributed by atoms with E-state index in [4.69, 9.17) is 15.2 Å². The fourth-order valence-electron chi connectivity index (χ4n) is 1.63. The van der Waals surface area contributed by atoms with Crippen LogP contribution in [-0.2, 0) is 0 Å². The molecule has 0 amide bonds. The fraction of sp³-hybridized carbons (Fsp3) is 0.571. The van der Waals surface area contributed by atoms with E-state index in [1.807, 2.05) is 36.9 Å². The molecular weight excluding hydrogens is 246 g/mol. The second kappa shape index (κ2) is 8.27. The lowest BCUT2D eigenvalue weighted by Gasteiger charge is -2.15. The molecule has 1 rings (SSSR count). The Labute approximate surface area is 114 Å². The van der Waals surface area contributed by atoms with Gasteiger partial charge in [0.1, 0.15) is 11.5 Å². The summed E-state index contributed by atoms with van der Waals surface area (Å²) in [5.74, 6) is 3.93. The highest BCUT2D eigenvalue weighted by Gasteiger charge is 2.09. The van der Waals surface area contributed by atoms with Crippen molar-refractivity contribution < 1.29 is 9.47 Å². The van der Waals surface area contributed by atoms with Crippen LogP contribution in [0.4, 0.5) is 0 Å². The quantitative estimate of drug-likeness (QED) is 0.736. The first kappa shape index (κ1) is 15.2. The normalized spacial score (nSPS) is 12.2. The number of hydrogen-bond acceptors (Lipinski definition) is 4. The Kier molecular flexibility index (Phi) is 6.98. The van der Waals surface area contributed by atoms with E-state index in [9.17, 15) is 0 Å². The summed E-state index contributed by atoms with van der Waals surface area (Å²) in [5, 5.41) is 0. The number of methoxy groups -OCH3 is 1. The first-order valence-corrected chi connectivity index (χ1v) is 7.48. The first-order valence-electron chi connectivity index (χ1n) is 6.33. The van der Waals surface area contributed by atoms with Crippen molar-refractivity contribution in [3.8, 4) is 11.5 Å². The Hall–Kier alpha value is -0.870. The van der Waals surface area contributed by atoms with Gasteiger partial charge in [0.05, 0.1) is 13.7 Å². The van der Waals surface area contributed by atoms with Gasteiger partial charge in [0, 0.05) is 17.7 Å². The van der Waals surface area contributed by atoms with Crippen LogP contribution in [-0.4, -0.2) is 25.2 Å². The van der Waals surface area contributed by atoms with Crippen molar-refractivity contribution in [2.24, 2.45) is 5.73 Å². The SMILES string of the molecule is CCSCCCOc1cc(OC)ccc1[C@H](C)N. The molecule has 0 aliphatic rings. The second-order valence-corrected chi connectivity index (χ2v) is 5.49. The zero-order valence-electron chi connectivity index (χ0n) is 11.4. The van der Waals surface area contributed by atoms with Gasteiger partial charge in [0.2, 0.25) is 0 Å². The molecule has 0 aromatic heterocycles. The number of thioether (sulfide) groups is 1. The van der Waals surface area contributed by atoms with E-state index >= 15 is 0 Å². The van der Waals surface area contributed by atoms with Crippen molar-refractivity contribution >= 4 is 11.8 Å². The molecular formula is C14H23NO2S. The van der Waals surface area contributed by atoms with Gasteiger partial charge in [0.25, 0.3) is 0 Å². The summed E-state index contributed by atoms with van der Waals surface area (Å²) < 4.78 is 11.0. The molecule has 3 nitrogen and oxygen atoms in total. The Balaban J connectivity index is 2.60. The number of rotatable bonds is 8. The predicted molar refractivity (Wildman–Crippen MR) is 78.7 cm³/mol. The minimum atomic E-state index is -0.0316. The zero-order valence-corrected chi connectivity index (χ0v) is 12.3. The minimum Gasteiger partial charge on any atom is -0.497 e. The highest BCUT2D eigenvalue weighted by atomic mass is 32.2. The Morgan fingerprint density at radius 3 is 2.78 bits per heavy atom. The largest absolute Gasteiger partial charge is 0.497 e. The summed E-state index contributed by atoms with van der Waals surface area (Å²) in [7, 11) is 1.66. The van der Waals surface area contributed by atoms with Crippen LogP contribution < -0.4 is 15.2 Å². The van der Waals surface area contributed by atoms with E-state index in [1.54, 1.807) is 7.11 Å². The third kappa shape index (κ3) is 4.78. The van der Waals surface area contributed by atoms with E-state index in [-0.39, 0.29) is 6.04 Å². The summed E-state index contributed by atoms with van der Waals surface area (Å²) in [6.07, 6.45) is 1.05. The highest BCUT2D eigenvalue weighted by molar-refractivity contribution is 7.99. The molecule has 0 aliphatic carbocycles. The maximum absolute atomic E-state index is 5.93. The molecule has 102 valence electrons. The van der Waals surface area contributed by atoms with Crippen molar-refractivity contribution in [2.75, 3.05) is 25.2 Å². The predicted octanol–water partition coefficient (Wildman–Crippen LogP) is 3.24. The molecule has 18 heavy (non-hydrogen) atoms. The average molecular weight is 269 g/mol. The molecule has 0 fully saturated rings. The first-order chi connectivity index (χ1) is 8.69. The molecule has 4 heteroatoms. The van der Waals surface area contributed by atoms with Gasteiger partial charge < -0.3 is 15.2 Å². The lowest BCUT2D eigenvalue weighted by molar-refractivity contribution is 0.311. The molecule has 0 aliphatic heterocycles. The van der Waals surface area contributed by atoms with E-state index in [0.717, 1.165) is 41.6 Å². The zero-order chi connectivity index (χ0) is 13.4. The van der Waals surface area contributed by atoms with E-state index < -0.39 is 0 Å². The van der Waals surface area contributed by atoms with Crippen LogP contribution in [0, 0.1) is 0 Å². The van der Waals surface area contributed by atoms with Gasteiger partial charge in [0.15, 0.2) is 0 Å². The summed E-state index contributed by atoms with van der Waals surface area (Å²) >= 11 is 1.93. The minimum absolute atomic E-state index is 0.0316. The molecule has 1 atom stereocenters. The summed E-state index contributed by atoms with van der Waals surface area (Å²) in [6, 6.07) is 5.76.